The van der Waals surface area contributed by atoms with E-state index in [1.165, 1.54) is 0 Å². The first-order valence-electron chi connectivity index (χ1n) is 9.21. The van der Waals surface area contributed by atoms with Gasteiger partial charge >= 0.3 is 0 Å². The van der Waals surface area contributed by atoms with Gasteiger partial charge in [-0.05, 0) is 42.0 Å². The molecule has 0 saturated heterocycles. The van der Waals surface area contributed by atoms with E-state index >= 15 is 0 Å². The molecule has 4 rings (SSSR count). The van der Waals surface area contributed by atoms with Crippen molar-refractivity contribution in [1.82, 2.24) is 15.0 Å². The Morgan fingerprint density at radius 3 is 2.45 bits per heavy atom. The third kappa shape index (κ3) is 4.16. The van der Waals surface area contributed by atoms with Crippen LogP contribution in [0.5, 0.6) is 5.75 Å². The first kappa shape index (κ1) is 18.4. The van der Waals surface area contributed by atoms with Crippen molar-refractivity contribution in [1.29, 1.82) is 0 Å². The number of aromatic nitrogens is 2. The molecule has 144 valence electrons. The monoisotopic (exact) mass is 384 g/mol. The molecule has 6 heteroatoms. The molecule has 0 saturated carbocycles. The maximum atomic E-state index is 12.5. The molecule has 0 aliphatic carbocycles. The molecule has 0 spiro atoms. The van der Waals surface area contributed by atoms with Crippen LogP contribution in [0.15, 0.2) is 90.3 Å². The molecule has 1 aromatic heterocycles. The molecule has 1 amide bonds. The SMILES string of the molecule is COc1ccc(C(=O)NN=C(Cn2cnc3ccccc32)c2ccccc2)cc1. The van der Waals surface area contributed by atoms with E-state index in [1.807, 2.05) is 59.2 Å². The highest BCUT2D eigenvalue weighted by Crippen LogP contribution is 2.14. The number of benzene rings is 3. The summed E-state index contributed by atoms with van der Waals surface area (Å²) in [4.78, 5) is 17.0. The molecule has 4 aromatic rings. The second-order valence-electron chi connectivity index (χ2n) is 6.46. The summed E-state index contributed by atoms with van der Waals surface area (Å²) in [6, 6.07) is 24.6. The van der Waals surface area contributed by atoms with Gasteiger partial charge in [-0.15, -0.1) is 0 Å². The number of amides is 1. The van der Waals surface area contributed by atoms with E-state index in [0.717, 1.165) is 22.3 Å². The van der Waals surface area contributed by atoms with Crippen LogP contribution < -0.4 is 10.2 Å². The Balaban J connectivity index is 1.61. The van der Waals surface area contributed by atoms with Crippen molar-refractivity contribution in [3.8, 4) is 5.75 Å². The van der Waals surface area contributed by atoms with Crippen LogP contribution in [0.4, 0.5) is 0 Å². The van der Waals surface area contributed by atoms with E-state index in [0.29, 0.717) is 17.9 Å². The minimum atomic E-state index is -0.281. The summed E-state index contributed by atoms with van der Waals surface area (Å²) < 4.78 is 7.15. The van der Waals surface area contributed by atoms with Gasteiger partial charge in [0, 0.05) is 5.56 Å². The highest BCUT2D eigenvalue weighted by Gasteiger charge is 2.10. The van der Waals surface area contributed by atoms with Crippen molar-refractivity contribution in [3.63, 3.8) is 0 Å². The minimum Gasteiger partial charge on any atom is -0.497 e. The Kier molecular flexibility index (Phi) is 5.33. The quantitative estimate of drug-likeness (QED) is 0.405. The Bertz CT molecular complexity index is 1150. The number of carbonyl (C=O) groups is 1. The van der Waals surface area contributed by atoms with Gasteiger partial charge in [0.2, 0.25) is 0 Å². The first-order chi connectivity index (χ1) is 14.2. The third-order valence-corrected chi connectivity index (χ3v) is 4.60. The fourth-order valence-electron chi connectivity index (χ4n) is 3.04. The predicted octanol–water partition coefficient (Wildman–Crippen LogP) is 3.88. The standard InChI is InChI=1S/C23H20N4O2/c1-29-19-13-11-18(12-14-19)23(28)26-25-21(17-7-3-2-4-8-17)15-27-16-24-20-9-5-6-10-22(20)27/h2-14,16H,15H2,1H3,(H,26,28). The van der Waals surface area contributed by atoms with Crippen molar-refractivity contribution >= 4 is 22.7 Å². The normalized spacial score (nSPS) is 11.4. The molecule has 0 aliphatic heterocycles. The number of fused-ring (bicyclic) bond motifs is 1. The Labute approximate surface area is 168 Å². The van der Waals surface area contributed by atoms with E-state index in [1.54, 1.807) is 37.7 Å². The largest absolute Gasteiger partial charge is 0.497 e. The van der Waals surface area contributed by atoms with Gasteiger partial charge in [0.15, 0.2) is 0 Å². The lowest BCUT2D eigenvalue weighted by Crippen LogP contribution is -2.22. The molecule has 0 aliphatic rings. The Morgan fingerprint density at radius 1 is 0.966 bits per heavy atom. The van der Waals surface area contributed by atoms with E-state index in [2.05, 4.69) is 15.5 Å². The zero-order valence-electron chi connectivity index (χ0n) is 15.9. The molecule has 0 radical (unpaired) electrons. The van der Waals surface area contributed by atoms with Gasteiger partial charge in [0.25, 0.3) is 5.91 Å². The van der Waals surface area contributed by atoms with E-state index in [9.17, 15) is 4.79 Å². The summed E-state index contributed by atoms with van der Waals surface area (Å²) in [5.74, 6) is 0.415. The van der Waals surface area contributed by atoms with Gasteiger partial charge in [-0.1, -0.05) is 42.5 Å². The maximum absolute atomic E-state index is 12.5. The number of nitrogens with zero attached hydrogens (tertiary/aromatic N) is 3. The van der Waals surface area contributed by atoms with Gasteiger partial charge in [0.05, 0.1) is 36.7 Å². The summed E-state index contributed by atoms with van der Waals surface area (Å²) in [5.41, 5.74) is 6.77. The number of hydrogen-bond donors (Lipinski definition) is 1. The van der Waals surface area contributed by atoms with Crippen LogP contribution in [0.2, 0.25) is 0 Å². The molecule has 1 N–H and O–H groups in total. The van der Waals surface area contributed by atoms with Gasteiger partial charge in [-0.2, -0.15) is 5.10 Å². The van der Waals surface area contributed by atoms with Gasteiger partial charge in [0.1, 0.15) is 5.75 Å². The fourth-order valence-corrected chi connectivity index (χ4v) is 3.04. The maximum Gasteiger partial charge on any atom is 0.271 e. The second kappa shape index (κ2) is 8.39. The molecule has 3 aromatic carbocycles. The zero-order chi connectivity index (χ0) is 20.1. The average Bonchev–Trinajstić information content (AvgIpc) is 3.20. The number of methoxy groups -OCH3 is 1. The number of imidazole rings is 1. The predicted molar refractivity (Wildman–Crippen MR) is 113 cm³/mol. The van der Waals surface area contributed by atoms with Gasteiger partial charge in [-0.3, -0.25) is 4.79 Å². The molecule has 0 unspecified atom stereocenters. The molecule has 6 nitrogen and oxygen atoms in total. The topological polar surface area (TPSA) is 68.5 Å². The number of carbonyl (C=O) groups excluding carboxylic acids is 1. The van der Waals surface area contributed by atoms with Crippen LogP contribution in [-0.2, 0) is 6.54 Å². The minimum absolute atomic E-state index is 0.281. The molecule has 0 fully saturated rings. The molecule has 1 heterocycles. The number of hydrogen-bond acceptors (Lipinski definition) is 4. The first-order valence-corrected chi connectivity index (χ1v) is 9.21. The van der Waals surface area contributed by atoms with Crippen LogP contribution in [0.3, 0.4) is 0 Å². The number of nitrogens with one attached hydrogen (secondary N) is 1. The van der Waals surface area contributed by atoms with Crippen molar-refractivity contribution in [3.05, 3.63) is 96.3 Å². The average molecular weight is 384 g/mol. The molecule has 29 heavy (non-hydrogen) atoms. The van der Waals surface area contributed by atoms with Crippen LogP contribution in [-0.4, -0.2) is 28.3 Å². The van der Waals surface area contributed by atoms with E-state index in [-0.39, 0.29) is 5.91 Å². The number of para-hydroxylation sites is 2. The molecular weight excluding hydrogens is 364 g/mol. The summed E-state index contributed by atoms with van der Waals surface area (Å²) in [6.07, 6.45) is 1.79. The Hall–Kier alpha value is -3.93. The lowest BCUT2D eigenvalue weighted by molar-refractivity contribution is 0.0954. The summed E-state index contributed by atoms with van der Waals surface area (Å²) in [6.45, 7) is 0.480. The number of hydrazone groups is 1. The third-order valence-electron chi connectivity index (χ3n) is 4.60. The summed E-state index contributed by atoms with van der Waals surface area (Å²) in [5, 5.41) is 4.43. The van der Waals surface area contributed by atoms with E-state index < -0.39 is 0 Å². The van der Waals surface area contributed by atoms with Crippen molar-refractivity contribution in [2.45, 2.75) is 6.54 Å². The van der Waals surface area contributed by atoms with E-state index in [4.69, 9.17) is 4.74 Å². The summed E-state index contributed by atoms with van der Waals surface area (Å²) in [7, 11) is 1.59. The number of rotatable bonds is 6. The summed E-state index contributed by atoms with van der Waals surface area (Å²) >= 11 is 0. The van der Waals surface area contributed by atoms with Crippen LogP contribution >= 0.6 is 0 Å². The van der Waals surface area contributed by atoms with Gasteiger partial charge < -0.3 is 9.30 Å². The Morgan fingerprint density at radius 2 is 1.69 bits per heavy atom. The zero-order valence-corrected chi connectivity index (χ0v) is 15.9. The van der Waals surface area contributed by atoms with Crippen molar-refractivity contribution in [2.75, 3.05) is 7.11 Å². The molecular formula is C23H20N4O2. The second-order valence-corrected chi connectivity index (χ2v) is 6.46. The lowest BCUT2D eigenvalue weighted by atomic mass is 10.1. The van der Waals surface area contributed by atoms with Gasteiger partial charge in [-0.25, -0.2) is 10.4 Å². The van der Waals surface area contributed by atoms with Crippen LogP contribution in [0.25, 0.3) is 11.0 Å². The molecule has 0 bridgehead atoms. The highest BCUT2D eigenvalue weighted by atomic mass is 16.5. The van der Waals surface area contributed by atoms with Crippen LogP contribution in [0, 0.1) is 0 Å². The lowest BCUT2D eigenvalue weighted by Gasteiger charge is -2.10. The number of ether oxygens (including phenoxy) is 1. The highest BCUT2D eigenvalue weighted by molar-refractivity contribution is 6.02. The smallest absolute Gasteiger partial charge is 0.271 e. The van der Waals surface area contributed by atoms with Crippen molar-refractivity contribution in [2.24, 2.45) is 5.10 Å². The van der Waals surface area contributed by atoms with Crippen LogP contribution in [0.1, 0.15) is 15.9 Å². The molecule has 0 atom stereocenters. The van der Waals surface area contributed by atoms with Crippen molar-refractivity contribution < 1.29 is 9.53 Å². The fraction of sp³-hybridized carbons (Fsp3) is 0.0870.